The van der Waals surface area contributed by atoms with Crippen molar-refractivity contribution in [2.24, 2.45) is 0 Å². The summed E-state index contributed by atoms with van der Waals surface area (Å²) >= 11 is 1.51. The molecule has 1 aromatic heterocycles. The number of β-lactam (4-membered cyclic amide) rings is 1. The number of benzene rings is 2. The number of esters is 2. The number of methoxy groups -OCH3 is 1. The number of carbonyl (C=O) groups excluding carboxylic acids is 3. The molecule has 1 unspecified atom stereocenters. The van der Waals surface area contributed by atoms with Crippen molar-refractivity contribution in [3.63, 3.8) is 0 Å². The fourth-order valence-corrected chi connectivity index (χ4v) is 7.32. The lowest BCUT2D eigenvalue weighted by Crippen LogP contribution is -2.69. The summed E-state index contributed by atoms with van der Waals surface area (Å²) in [6.45, 7) is 5.14. The molecule has 1 amide bonds. The van der Waals surface area contributed by atoms with E-state index in [9.17, 15) is 14.4 Å². The summed E-state index contributed by atoms with van der Waals surface area (Å²) in [7, 11) is 3.88. The summed E-state index contributed by atoms with van der Waals surface area (Å²) in [5.41, 5.74) is 1.32. The number of fused-ring (bicyclic) bond motifs is 1. The van der Waals surface area contributed by atoms with Crippen LogP contribution in [0.5, 0.6) is 5.75 Å². The average Bonchev–Trinajstić information content (AvgIpc) is 3.28. The predicted octanol–water partition coefficient (Wildman–Crippen LogP) is 4.31. The molecule has 0 saturated carbocycles. The summed E-state index contributed by atoms with van der Waals surface area (Å²) in [4.78, 5) is 43.8. The minimum Gasteiger partial charge on any atom is -0.482 e. The Balaban J connectivity index is 1.48. The number of thiazole rings is 1. The zero-order valence-electron chi connectivity index (χ0n) is 18.9. The number of carbonyl (C=O) groups is 3. The highest BCUT2D eigenvalue weighted by Crippen LogP contribution is 2.46. The van der Waals surface area contributed by atoms with Crippen molar-refractivity contribution < 1.29 is 28.6 Å². The highest BCUT2D eigenvalue weighted by atomic mass is 33.1. The van der Waals surface area contributed by atoms with Gasteiger partial charge in [-0.1, -0.05) is 47.7 Å². The second kappa shape index (κ2) is 11.1. The lowest BCUT2D eigenvalue weighted by molar-refractivity contribution is -0.182. The van der Waals surface area contributed by atoms with Gasteiger partial charge in [-0.3, -0.25) is 4.79 Å². The van der Waals surface area contributed by atoms with E-state index in [0.717, 1.165) is 14.6 Å². The molecule has 3 atom stereocenters. The Bertz CT molecular complexity index is 1220. The molecule has 8 nitrogen and oxygen atoms in total. The van der Waals surface area contributed by atoms with E-state index in [0.29, 0.717) is 11.3 Å². The number of hydrogen-bond donors (Lipinski definition) is 0. The number of likely N-dealkylation sites (tertiary alicyclic amines) is 1. The zero-order valence-corrected chi connectivity index (χ0v) is 21.4. The van der Waals surface area contributed by atoms with Crippen LogP contribution in [-0.2, 0) is 23.9 Å². The Morgan fingerprint density at radius 3 is 2.57 bits per heavy atom. The number of hydrogen-bond acceptors (Lipinski definition) is 10. The Hall–Kier alpha value is -3.02. The summed E-state index contributed by atoms with van der Waals surface area (Å²) in [5, 5.41) is -0.652. The molecule has 35 heavy (non-hydrogen) atoms. The molecule has 3 aromatic rings. The number of para-hydroxylation sites is 2. The molecule has 2 heterocycles. The number of rotatable bonds is 10. The van der Waals surface area contributed by atoms with Crippen molar-refractivity contribution in [1.82, 2.24) is 9.88 Å². The average molecular weight is 531 g/mol. The number of amides is 1. The van der Waals surface area contributed by atoms with E-state index in [2.05, 4.69) is 11.6 Å². The molecule has 0 radical (unpaired) electrons. The smallest absolute Gasteiger partial charge is 0.345 e. The highest BCUT2D eigenvalue weighted by molar-refractivity contribution is 8.77. The Labute approximate surface area is 214 Å². The number of nitrogens with zero attached hydrogens (tertiary/aromatic N) is 2. The molecule has 4 rings (SSSR count). The molecule has 182 valence electrons. The normalized spacial score (nSPS) is 18.0. The molecule has 1 aliphatic rings. The van der Waals surface area contributed by atoms with Crippen molar-refractivity contribution >= 4 is 61.0 Å². The van der Waals surface area contributed by atoms with Crippen LogP contribution in [0.15, 0.2) is 71.1 Å². The van der Waals surface area contributed by atoms with Gasteiger partial charge in [-0.25, -0.2) is 14.6 Å². The fourth-order valence-electron chi connectivity index (χ4n) is 3.41. The lowest BCUT2D eigenvalue weighted by Gasteiger charge is -2.48. The van der Waals surface area contributed by atoms with Gasteiger partial charge in [0, 0.05) is 0 Å². The van der Waals surface area contributed by atoms with Crippen LogP contribution in [0.2, 0.25) is 0 Å². The van der Waals surface area contributed by atoms with Crippen molar-refractivity contribution in [3.8, 4) is 5.75 Å². The topological polar surface area (TPSA) is 95.0 Å². The monoisotopic (exact) mass is 530 g/mol. The van der Waals surface area contributed by atoms with E-state index in [1.54, 1.807) is 31.2 Å². The maximum absolute atomic E-state index is 13.0. The minimum absolute atomic E-state index is 0.350. The predicted molar refractivity (Wildman–Crippen MR) is 136 cm³/mol. The van der Waals surface area contributed by atoms with Crippen molar-refractivity contribution in [1.29, 1.82) is 0 Å². The van der Waals surface area contributed by atoms with Crippen molar-refractivity contribution in [3.05, 3.63) is 66.7 Å². The van der Waals surface area contributed by atoms with Crippen LogP contribution in [0, 0.1) is 0 Å². The molecule has 1 saturated heterocycles. The van der Waals surface area contributed by atoms with Gasteiger partial charge in [0.15, 0.2) is 17.0 Å². The van der Waals surface area contributed by atoms with E-state index < -0.39 is 35.4 Å². The van der Waals surface area contributed by atoms with E-state index >= 15 is 0 Å². The molecule has 1 fully saturated rings. The van der Waals surface area contributed by atoms with Gasteiger partial charge in [-0.05, 0) is 47.6 Å². The van der Waals surface area contributed by atoms with E-state index in [1.165, 1.54) is 44.9 Å². The molecule has 0 N–H and O–H groups in total. The second-order valence-corrected chi connectivity index (χ2v) is 11.1. The minimum atomic E-state index is -1.08. The first-order valence-corrected chi connectivity index (χ1v) is 13.5. The van der Waals surface area contributed by atoms with Crippen LogP contribution >= 0.6 is 32.9 Å². The van der Waals surface area contributed by atoms with Crippen LogP contribution in [-0.4, -0.2) is 59.0 Å². The van der Waals surface area contributed by atoms with Gasteiger partial charge in [0.25, 0.3) is 5.91 Å². The molecule has 0 aliphatic carbocycles. The SMILES string of the molecule is C=C(C)C(C(=O)OC)N1C(=O)[C@H](OC(=O)COc2ccccc2)[C@H]1SSc1nc2ccccc2s1. The molecular weight excluding hydrogens is 508 g/mol. The van der Waals surface area contributed by atoms with Gasteiger partial charge in [0.1, 0.15) is 11.1 Å². The maximum atomic E-state index is 13.0. The summed E-state index contributed by atoms with van der Waals surface area (Å²) in [6.07, 6.45) is -1.08. The standard InChI is InChI=1S/C24H22N2O6S3/c1-14(2)19(23(29)30-3)26-21(28)20(32-18(27)13-31-15-9-5-4-6-10-15)22(26)34-35-24-25-16-11-7-8-12-17(16)33-24/h4-12,19-20,22H,1,13H2,2-3H3/t19?,20-,22+/m0/s1. The number of aromatic nitrogens is 1. The highest BCUT2D eigenvalue weighted by Gasteiger charge is 2.55. The third kappa shape index (κ3) is 5.63. The van der Waals surface area contributed by atoms with Crippen LogP contribution in [0.1, 0.15) is 6.92 Å². The van der Waals surface area contributed by atoms with E-state index in [4.69, 9.17) is 14.2 Å². The van der Waals surface area contributed by atoms with Gasteiger partial charge in [0.2, 0.25) is 6.10 Å². The maximum Gasteiger partial charge on any atom is 0.345 e. The quantitative estimate of drug-likeness (QED) is 0.164. The third-order valence-corrected chi connectivity index (χ3v) is 9.05. The van der Waals surface area contributed by atoms with Gasteiger partial charge >= 0.3 is 11.9 Å². The van der Waals surface area contributed by atoms with Crippen molar-refractivity contribution in [2.45, 2.75) is 28.8 Å². The molecule has 11 heteroatoms. The van der Waals surface area contributed by atoms with Gasteiger partial charge in [-0.15, -0.1) is 11.3 Å². The van der Waals surface area contributed by atoms with Gasteiger partial charge < -0.3 is 19.1 Å². The van der Waals surface area contributed by atoms with Crippen LogP contribution in [0.25, 0.3) is 10.2 Å². The van der Waals surface area contributed by atoms with Crippen molar-refractivity contribution in [2.75, 3.05) is 13.7 Å². The lowest BCUT2D eigenvalue weighted by atomic mass is 10.0. The number of ether oxygens (including phenoxy) is 3. The molecule has 2 aromatic carbocycles. The summed E-state index contributed by atoms with van der Waals surface area (Å²) in [6, 6.07) is 15.6. The largest absolute Gasteiger partial charge is 0.482 e. The van der Waals surface area contributed by atoms with Crippen LogP contribution in [0.4, 0.5) is 0 Å². The van der Waals surface area contributed by atoms with Crippen LogP contribution in [0.3, 0.4) is 0 Å². The Kier molecular flexibility index (Phi) is 7.99. The second-order valence-electron chi connectivity index (χ2n) is 7.55. The fraction of sp³-hybridized carbons (Fsp3) is 0.250. The first kappa shape index (κ1) is 25.1. The molecule has 1 aliphatic heterocycles. The van der Waals surface area contributed by atoms with Gasteiger partial charge in [0.05, 0.1) is 17.3 Å². The van der Waals surface area contributed by atoms with Gasteiger partial charge in [-0.2, -0.15) is 0 Å². The summed E-state index contributed by atoms with van der Waals surface area (Å²) < 4.78 is 17.6. The first-order chi connectivity index (χ1) is 16.9. The molecular formula is C24H22N2O6S3. The zero-order chi connectivity index (χ0) is 24.9. The Morgan fingerprint density at radius 2 is 1.89 bits per heavy atom. The third-order valence-electron chi connectivity index (χ3n) is 5.05. The molecule has 0 bridgehead atoms. The summed E-state index contributed by atoms with van der Waals surface area (Å²) in [5.74, 6) is -1.29. The van der Waals surface area contributed by atoms with Crippen LogP contribution < -0.4 is 4.74 Å². The first-order valence-electron chi connectivity index (χ1n) is 10.5. The van der Waals surface area contributed by atoms with E-state index in [1.807, 2.05) is 30.3 Å². The van der Waals surface area contributed by atoms with E-state index in [-0.39, 0.29) is 6.61 Å². The Morgan fingerprint density at radius 1 is 1.17 bits per heavy atom. The molecule has 0 spiro atoms.